The van der Waals surface area contributed by atoms with Gasteiger partial charge in [-0.1, -0.05) is 35.9 Å². The molecule has 0 spiro atoms. The average Bonchev–Trinajstić information content (AvgIpc) is 3.14. The molecule has 0 aliphatic rings. The summed E-state index contributed by atoms with van der Waals surface area (Å²) in [4.78, 5) is 22.0. The summed E-state index contributed by atoms with van der Waals surface area (Å²) < 4.78 is 25.5. The van der Waals surface area contributed by atoms with Gasteiger partial charge in [0.2, 0.25) is 0 Å². The number of benzene rings is 2. The molecule has 3 rings (SSSR count). The summed E-state index contributed by atoms with van der Waals surface area (Å²) in [7, 11) is 0.552. The maximum atomic E-state index is 13.5. The first-order valence-corrected chi connectivity index (χ1v) is 12.8. The van der Waals surface area contributed by atoms with Crippen molar-refractivity contribution >= 4 is 66.4 Å². The third-order valence-electron chi connectivity index (χ3n) is 4.92. The van der Waals surface area contributed by atoms with E-state index >= 15 is 0 Å². The first-order chi connectivity index (χ1) is 14.6. The second-order valence-corrected chi connectivity index (χ2v) is 11.3. The molecule has 0 saturated carbocycles. The van der Waals surface area contributed by atoms with Crippen LogP contribution < -0.4 is 4.90 Å². The van der Waals surface area contributed by atoms with Crippen LogP contribution in [0.5, 0.6) is 0 Å². The number of aryl methyl sites for hydroxylation is 1. The molecule has 0 atom stereocenters. The number of aromatic nitrogens is 1. The average molecular weight is 517 g/mol. The lowest BCUT2D eigenvalue weighted by Crippen LogP contribution is -2.33. The molecule has 1 aromatic heterocycles. The van der Waals surface area contributed by atoms with E-state index in [4.69, 9.17) is 16.6 Å². The minimum atomic E-state index is -3.41. The molecule has 0 saturated heterocycles. The Kier molecular flexibility index (Phi) is 9.07. The molecule has 10 heteroatoms. The number of rotatable bonds is 8. The van der Waals surface area contributed by atoms with Crippen molar-refractivity contribution in [1.82, 2.24) is 9.88 Å². The predicted molar refractivity (Wildman–Crippen MR) is 136 cm³/mol. The quantitative estimate of drug-likeness (QED) is 0.418. The van der Waals surface area contributed by atoms with E-state index < -0.39 is 9.84 Å². The topological polar surface area (TPSA) is 70.6 Å². The van der Waals surface area contributed by atoms with Crippen LogP contribution in [0.25, 0.3) is 10.2 Å². The predicted octanol–water partition coefficient (Wildman–Crippen LogP) is 5.07. The van der Waals surface area contributed by atoms with Gasteiger partial charge in [-0.25, -0.2) is 13.4 Å². The second-order valence-electron chi connectivity index (χ2n) is 7.61. The van der Waals surface area contributed by atoms with Gasteiger partial charge in [0.25, 0.3) is 5.91 Å². The number of anilines is 1. The second kappa shape index (κ2) is 10.9. The number of halogens is 2. The fourth-order valence-electron chi connectivity index (χ4n) is 3.23. The summed E-state index contributed by atoms with van der Waals surface area (Å²) in [5.74, 6) is -0.288. The molecule has 0 bridgehead atoms. The molecular formula is C22H27Cl2N3O3S2. The van der Waals surface area contributed by atoms with Crippen molar-refractivity contribution in [3.05, 3.63) is 52.5 Å². The zero-order valence-electron chi connectivity index (χ0n) is 18.5. The van der Waals surface area contributed by atoms with Gasteiger partial charge >= 0.3 is 0 Å². The van der Waals surface area contributed by atoms with Gasteiger partial charge in [0, 0.05) is 17.1 Å². The van der Waals surface area contributed by atoms with Gasteiger partial charge in [-0.05, 0) is 69.9 Å². The summed E-state index contributed by atoms with van der Waals surface area (Å²) in [6.07, 6.45) is 0.751. The fraction of sp³-hybridized carbons (Fsp3) is 0.364. The summed E-state index contributed by atoms with van der Waals surface area (Å²) in [6, 6.07) is 9.93. The summed E-state index contributed by atoms with van der Waals surface area (Å²) in [6.45, 7) is 4.80. The van der Waals surface area contributed by atoms with E-state index in [1.54, 1.807) is 24.0 Å². The number of carbonyl (C=O) groups is 1. The van der Waals surface area contributed by atoms with Crippen LogP contribution in [0.15, 0.2) is 41.3 Å². The van der Waals surface area contributed by atoms with Crippen molar-refractivity contribution in [3.8, 4) is 0 Å². The van der Waals surface area contributed by atoms with Crippen molar-refractivity contribution in [2.24, 2.45) is 0 Å². The highest BCUT2D eigenvalue weighted by Crippen LogP contribution is 2.34. The minimum absolute atomic E-state index is 0. The Bertz CT molecular complexity index is 1210. The summed E-state index contributed by atoms with van der Waals surface area (Å²) >= 11 is 7.61. The molecule has 1 amide bonds. The zero-order valence-corrected chi connectivity index (χ0v) is 21.7. The minimum Gasteiger partial charge on any atom is -0.309 e. The monoisotopic (exact) mass is 515 g/mol. The van der Waals surface area contributed by atoms with E-state index in [0.29, 0.717) is 22.3 Å². The lowest BCUT2D eigenvalue weighted by atomic mass is 10.2. The van der Waals surface area contributed by atoms with Crippen molar-refractivity contribution < 1.29 is 13.2 Å². The molecule has 6 nitrogen and oxygen atoms in total. The Balaban J connectivity index is 0.00000363. The Morgan fingerprint density at radius 2 is 1.88 bits per heavy atom. The van der Waals surface area contributed by atoms with Gasteiger partial charge in [-0.3, -0.25) is 9.69 Å². The number of carbonyl (C=O) groups excluding carboxylic acids is 1. The third kappa shape index (κ3) is 5.99. The van der Waals surface area contributed by atoms with E-state index in [1.807, 2.05) is 33.2 Å². The summed E-state index contributed by atoms with van der Waals surface area (Å²) in [5, 5.41) is 1.20. The molecule has 0 aliphatic carbocycles. The van der Waals surface area contributed by atoms with Crippen LogP contribution in [-0.2, 0) is 9.84 Å². The highest BCUT2D eigenvalue weighted by molar-refractivity contribution is 7.91. The van der Waals surface area contributed by atoms with Crippen molar-refractivity contribution in [2.75, 3.05) is 37.8 Å². The van der Waals surface area contributed by atoms with E-state index in [9.17, 15) is 13.2 Å². The number of fused-ring (bicyclic) bond motifs is 1. The smallest absolute Gasteiger partial charge is 0.260 e. The zero-order chi connectivity index (χ0) is 22.8. The molecule has 0 aliphatic heterocycles. The van der Waals surface area contributed by atoms with Crippen LogP contribution in [0, 0.1) is 6.92 Å². The third-order valence-corrected chi connectivity index (χ3v) is 7.90. The van der Waals surface area contributed by atoms with Gasteiger partial charge in [0.15, 0.2) is 15.0 Å². The number of hydrogen-bond donors (Lipinski definition) is 0. The Labute approximate surface area is 204 Å². The van der Waals surface area contributed by atoms with Crippen LogP contribution in [0.1, 0.15) is 29.3 Å². The van der Waals surface area contributed by atoms with Gasteiger partial charge < -0.3 is 4.90 Å². The van der Waals surface area contributed by atoms with Gasteiger partial charge in [-0.15, -0.1) is 12.4 Å². The number of hydrogen-bond acceptors (Lipinski definition) is 6. The van der Waals surface area contributed by atoms with E-state index in [0.717, 1.165) is 28.7 Å². The number of sulfone groups is 1. The van der Waals surface area contributed by atoms with E-state index in [2.05, 4.69) is 4.90 Å². The van der Waals surface area contributed by atoms with Gasteiger partial charge in [0.05, 0.1) is 20.9 Å². The Morgan fingerprint density at radius 1 is 1.16 bits per heavy atom. The normalized spacial score (nSPS) is 11.6. The van der Waals surface area contributed by atoms with Crippen LogP contribution in [0.2, 0.25) is 5.02 Å². The Hall–Kier alpha value is -1.71. The van der Waals surface area contributed by atoms with Crippen LogP contribution in [-0.4, -0.2) is 57.1 Å². The van der Waals surface area contributed by atoms with E-state index in [-0.39, 0.29) is 29.0 Å². The molecule has 2 aromatic carbocycles. The highest BCUT2D eigenvalue weighted by atomic mass is 35.5. The molecule has 1 heterocycles. The van der Waals surface area contributed by atoms with Crippen molar-refractivity contribution in [2.45, 2.75) is 25.2 Å². The Morgan fingerprint density at radius 3 is 2.53 bits per heavy atom. The van der Waals surface area contributed by atoms with Gasteiger partial charge in [0.1, 0.15) is 0 Å². The first-order valence-electron chi connectivity index (χ1n) is 9.98. The lowest BCUT2D eigenvalue weighted by molar-refractivity contribution is 0.0986. The molecule has 0 fully saturated rings. The highest BCUT2D eigenvalue weighted by Gasteiger charge is 2.23. The molecule has 0 N–H and O–H groups in total. The van der Waals surface area contributed by atoms with Crippen molar-refractivity contribution in [3.63, 3.8) is 0 Å². The van der Waals surface area contributed by atoms with Gasteiger partial charge in [-0.2, -0.15) is 0 Å². The van der Waals surface area contributed by atoms with Crippen LogP contribution in [0.3, 0.4) is 0 Å². The summed E-state index contributed by atoms with van der Waals surface area (Å²) in [5.41, 5.74) is 2.09. The number of thiazole rings is 1. The molecule has 32 heavy (non-hydrogen) atoms. The van der Waals surface area contributed by atoms with Crippen molar-refractivity contribution in [1.29, 1.82) is 0 Å². The number of nitrogens with zero attached hydrogens (tertiary/aromatic N) is 3. The maximum absolute atomic E-state index is 13.5. The van der Waals surface area contributed by atoms with E-state index in [1.165, 1.54) is 23.5 Å². The largest absolute Gasteiger partial charge is 0.309 e. The standard InChI is InChI=1S/C22H26ClN3O3S2.ClH/c1-5-31(28,29)18-9-6-8-16(13-18)21(27)26(11-7-10-25(3)4)22-24-20-15(2)12-17(23)14-19(20)30-22;/h6,8-9,12-14H,5,7,10-11H2,1-4H3;1H. The fourth-order valence-corrected chi connectivity index (χ4v) is 5.60. The molecule has 3 aromatic rings. The number of amides is 1. The van der Waals surface area contributed by atoms with Crippen LogP contribution in [0.4, 0.5) is 5.13 Å². The van der Waals surface area contributed by atoms with Crippen LogP contribution >= 0.6 is 35.3 Å². The first kappa shape index (κ1) is 26.5. The molecule has 174 valence electrons. The molecule has 0 radical (unpaired) electrons. The SMILES string of the molecule is CCS(=O)(=O)c1cccc(C(=O)N(CCCN(C)C)c2nc3c(C)cc(Cl)cc3s2)c1.Cl. The maximum Gasteiger partial charge on any atom is 0.260 e. The lowest BCUT2D eigenvalue weighted by Gasteiger charge is -2.21. The molecule has 0 unspecified atom stereocenters. The molecular weight excluding hydrogens is 489 g/mol.